The molecule has 0 unspecified atom stereocenters. The number of hydrogen-bond donors (Lipinski definition) is 1. The summed E-state index contributed by atoms with van der Waals surface area (Å²) in [6, 6.07) is 20.0. The van der Waals surface area contributed by atoms with Gasteiger partial charge in [-0.1, -0.05) is 30.0 Å². The van der Waals surface area contributed by atoms with Crippen molar-refractivity contribution in [3.63, 3.8) is 0 Å². The monoisotopic (exact) mass is 428 g/mol. The molecule has 2 heterocycles. The van der Waals surface area contributed by atoms with E-state index in [0.717, 1.165) is 32.1 Å². The molecule has 2 aromatic carbocycles. The van der Waals surface area contributed by atoms with E-state index in [0.29, 0.717) is 5.56 Å². The quantitative estimate of drug-likeness (QED) is 0.428. The molecular weight excluding hydrogens is 404 g/mol. The molecule has 0 aliphatic carbocycles. The molecule has 0 saturated heterocycles. The van der Waals surface area contributed by atoms with E-state index in [1.54, 1.807) is 25.0 Å². The lowest BCUT2D eigenvalue weighted by atomic mass is 10.2. The fourth-order valence-electron chi connectivity index (χ4n) is 3.37. The zero-order chi connectivity index (χ0) is 21.8. The summed E-state index contributed by atoms with van der Waals surface area (Å²) < 4.78 is 2.04. The molecule has 2 aromatic heterocycles. The van der Waals surface area contributed by atoms with E-state index in [1.165, 1.54) is 0 Å². The summed E-state index contributed by atoms with van der Waals surface area (Å²) in [6.07, 6.45) is 5.77. The summed E-state index contributed by atoms with van der Waals surface area (Å²) in [5, 5.41) is 8.64. The van der Waals surface area contributed by atoms with Crippen molar-refractivity contribution in [2.75, 3.05) is 7.05 Å². The molecule has 0 aliphatic rings. The van der Waals surface area contributed by atoms with E-state index in [2.05, 4.69) is 42.3 Å². The molecule has 1 amide bonds. The Labute approximate surface area is 186 Å². The molecule has 0 bridgehead atoms. The second kappa shape index (κ2) is 9.18. The van der Waals surface area contributed by atoms with Gasteiger partial charge in [-0.3, -0.25) is 14.5 Å². The number of amides is 1. The fraction of sp³-hybridized carbons (Fsp3) is 0.160. The minimum absolute atomic E-state index is 0.0849. The summed E-state index contributed by atoms with van der Waals surface area (Å²) >= 11 is 1.58. The van der Waals surface area contributed by atoms with Crippen molar-refractivity contribution in [2.45, 2.75) is 29.7 Å². The van der Waals surface area contributed by atoms with Crippen LogP contribution in [0.4, 0.5) is 0 Å². The summed E-state index contributed by atoms with van der Waals surface area (Å²) in [5.41, 5.74) is 3.55. The summed E-state index contributed by atoms with van der Waals surface area (Å²) in [7, 11) is 1.65. The first-order chi connectivity index (χ1) is 15.1. The second-order valence-corrected chi connectivity index (χ2v) is 8.48. The van der Waals surface area contributed by atoms with Crippen LogP contribution in [0, 0.1) is 0 Å². The molecular formula is C25H24N4OS. The molecule has 4 aromatic rings. The van der Waals surface area contributed by atoms with Gasteiger partial charge in [0.05, 0.1) is 22.5 Å². The number of carbonyl (C=O) groups is 1. The highest BCUT2D eigenvalue weighted by Gasteiger charge is 2.14. The van der Waals surface area contributed by atoms with Crippen molar-refractivity contribution in [3.8, 4) is 0 Å². The summed E-state index contributed by atoms with van der Waals surface area (Å²) in [4.78, 5) is 18.6. The molecule has 0 spiro atoms. The lowest BCUT2D eigenvalue weighted by molar-refractivity contribution is 0.0960. The van der Waals surface area contributed by atoms with Crippen molar-refractivity contribution >= 4 is 40.7 Å². The van der Waals surface area contributed by atoms with Gasteiger partial charge in [-0.05, 0) is 68.5 Å². The van der Waals surface area contributed by atoms with Gasteiger partial charge in [0.1, 0.15) is 0 Å². The molecule has 0 saturated carbocycles. The first-order valence-corrected chi connectivity index (χ1v) is 11.0. The van der Waals surface area contributed by atoms with Crippen molar-refractivity contribution in [1.82, 2.24) is 20.1 Å². The Hall–Kier alpha value is -3.38. The van der Waals surface area contributed by atoms with Crippen LogP contribution in [0.2, 0.25) is 0 Å². The van der Waals surface area contributed by atoms with E-state index in [4.69, 9.17) is 5.10 Å². The third-order valence-electron chi connectivity index (χ3n) is 4.88. The number of rotatable bonds is 6. The first-order valence-electron chi connectivity index (χ1n) is 10.2. The van der Waals surface area contributed by atoms with Crippen molar-refractivity contribution in [3.05, 3.63) is 83.8 Å². The molecule has 156 valence electrons. The van der Waals surface area contributed by atoms with Gasteiger partial charge in [0, 0.05) is 34.5 Å². The van der Waals surface area contributed by atoms with Crippen LogP contribution in [-0.4, -0.2) is 27.7 Å². The number of hydrogen-bond acceptors (Lipinski definition) is 4. The molecule has 4 rings (SSSR count). The first kappa shape index (κ1) is 20.9. The third kappa shape index (κ3) is 4.54. The molecule has 5 nitrogen and oxygen atoms in total. The van der Waals surface area contributed by atoms with Crippen LogP contribution in [0.5, 0.6) is 0 Å². The fourth-order valence-corrected chi connectivity index (χ4v) is 4.34. The molecule has 0 radical (unpaired) electrons. The Morgan fingerprint density at radius 2 is 1.87 bits per heavy atom. The maximum absolute atomic E-state index is 12.2. The smallest absolute Gasteiger partial charge is 0.252 e. The Bertz CT molecular complexity index is 1250. The van der Waals surface area contributed by atoms with E-state index in [9.17, 15) is 4.79 Å². The van der Waals surface area contributed by atoms with Crippen molar-refractivity contribution in [1.29, 1.82) is 0 Å². The lowest BCUT2D eigenvalue weighted by Crippen LogP contribution is -2.18. The van der Waals surface area contributed by atoms with Gasteiger partial charge in [-0.25, -0.2) is 0 Å². The molecule has 0 atom stereocenters. The Kier molecular flexibility index (Phi) is 6.18. The second-order valence-electron chi connectivity index (χ2n) is 7.37. The number of nitrogens with zero attached hydrogens (tertiary/aromatic N) is 3. The number of benzene rings is 2. The molecule has 0 fully saturated rings. The van der Waals surface area contributed by atoms with Crippen LogP contribution in [-0.2, 0) is 0 Å². The highest BCUT2D eigenvalue weighted by Crippen LogP contribution is 2.34. The average Bonchev–Trinajstić information content (AvgIpc) is 3.16. The van der Waals surface area contributed by atoms with Crippen LogP contribution < -0.4 is 5.32 Å². The average molecular weight is 429 g/mol. The number of carbonyl (C=O) groups excluding carboxylic acids is 1. The predicted molar refractivity (Wildman–Crippen MR) is 127 cm³/mol. The maximum Gasteiger partial charge on any atom is 0.252 e. The van der Waals surface area contributed by atoms with Crippen molar-refractivity contribution in [2.24, 2.45) is 0 Å². The van der Waals surface area contributed by atoms with Crippen LogP contribution in [0.25, 0.3) is 23.1 Å². The standard InChI is InChI=1S/C25H24N4OS/c1-17(2)29-23-16-19(31-24-10-5-4-9-21(24)25(30)26-3)12-13-20(23)22(28-29)14-11-18-8-6-7-15-27-18/h4-17H,1-3H3,(H,26,30)/b14-11+. The van der Waals surface area contributed by atoms with Crippen LogP contribution >= 0.6 is 11.8 Å². The minimum Gasteiger partial charge on any atom is -0.355 e. The van der Waals surface area contributed by atoms with Crippen molar-refractivity contribution < 1.29 is 4.79 Å². The lowest BCUT2D eigenvalue weighted by Gasteiger charge is -2.10. The van der Waals surface area contributed by atoms with E-state index < -0.39 is 0 Å². The van der Waals surface area contributed by atoms with Crippen LogP contribution in [0.3, 0.4) is 0 Å². The zero-order valence-electron chi connectivity index (χ0n) is 17.7. The highest BCUT2D eigenvalue weighted by atomic mass is 32.2. The van der Waals surface area contributed by atoms with Gasteiger partial charge in [0.25, 0.3) is 5.91 Å². The van der Waals surface area contributed by atoms with Gasteiger partial charge in [0.15, 0.2) is 0 Å². The number of fused-ring (bicyclic) bond motifs is 1. The normalized spacial score (nSPS) is 11.5. The van der Waals surface area contributed by atoms with Crippen LogP contribution in [0.1, 0.15) is 41.6 Å². The molecule has 31 heavy (non-hydrogen) atoms. The van der Waals surface area contributed by atoms with Gasteiger partial charge in [-0.15, -0.1) is 0 Å². The SMILES string of the molecule is CNC(=O)c1ccccc1Sc1ccc2c(/C=C/c3ccccn3)nn(C(C)C)c2c1. The number of pyridine rings is 1. The Morgan fingerprint density at radius 3 is 2.61 bits per heavy atom. The summed E-state index contributed by atoms with van der Waals surface area (Å²) in [5.74, 6) is -0.0849. The predicted octanol–water partition coefficient (Wildman–Crippen LogP) is 5.69. The zero-order valence-corrected chi connectivity index (χ0v) is 18.6. The molecule has 1 N–H and O–H groups in total. The largest absolute Gasteiger partial charge is 0.355 e. The molecule has 0 aliphatic heterocycles. The van der Waals surface area contributed by atoms with E-state index in [-0.39, 0.29) is 11.9 Å². The summed E-state index contributed by atoms with van der Waals surface area (Å²) in [6.45, 7) is 4.25. The van der Waals surface area contributed by atoms with Gasteiger partial charge in [-0.2, -0.15) is 5.10 Å². The van der Waals surface area contributed by atoms with E-state index >= 15 is 0 Å². The Balaban J connectivity index is 1.72. The number of nitrogens with one attached hydrogen (secondary N) is 1. The highest BCUT2D eigenvalue weighted by molar-refractivity contribution is 7.99. The third-order valence-corrected chi connectivity index (χ3v) is 5.95. The Morgan fingerprint density at radius 1 is 1.06 bits per heavy atom. The molecule has 6 heteroatoms. The van der Waals surface area contributed by atoms with Gasteiger partial charge >= 0.3 is 0 Å². The van der Waals surface area contributed by atoms with Crippen LogP contribution in [0.15, 0.2) is 76.7 Å². The maximum atomic E-state index is 12.2. The number of aromatic nitrogens is 3. The van der Waals surface area contributed by atoms with Gasteiger partial charge in [0.2, 0.25) is 0 Å². The van der Waals surface area contributed by atoms with Gasteiger partial charge < -0.3 is 5.32 Å². The van der Waals surface area contributed by atoms with E-state index in [1.807, 2.05) is 59.3 Å². The topological polar surface area (TPSA) is 59.8 Å². The minimum atomic E-state index is -0.0849.